The van der Waals surface area contributed by atoms with E-state index in [4.69, 9.17) is 9.78 Å². The van der Waals surface area contributed by atoms with Gasteiger partial charge in [0.1, 0.15) is 0 Å². The van der Waals surface area contributed by atoms with E-state index >= 15 is 0 Å². The smallest absolute Gasteiger partial charge is 0.266 e. The quantitative estimate of drug-likeness (QED) is 0.761. The van der Waals surface area contributed by atoms with Gasteiger partial charge in [-0.2, -0.15) is 10.2 Å². The average molecular weight is 235 g/mol. The molecular weight excluding hydrogens is 218 g/mol. The number of piperazine rings is 1. The van der Waals surface area contributed by atoms with Gasteiger partial charge >= 0.3 is 0 Å². The van der Waals surface area contributed by atoms with Gasteiger partial charge in [0.05, 0.1) is 12.0 Å². The molecule has 1 aromatic rings. The second-order valence-electron chi connectivity index (χ2n) is 4.51. The van der Waals surface area contributed by atoms with Crippen molar-refractivity contribution in [2.75, 3.05) is 38.1 Å². The average Bonchev–Trinajstić information content (AvgIpc) is 2.78. The topological polar surface area (TPSA) is 69.2 Å². The van der Waals surface area contributed by atoms with Gasteiger partial charge in [0, 0.05) is 32.6 Å². The van der Waals surface area contributed by atoms with Gasteiger partial charge in [0.15, 0.2) is 0 Å². The van der Waals surface area contributed by atoms with Crippen LogP contribution < -0.4 is 4.90 Å². The molecule has 0 spiro atoms. The summed E-state index contributed by atoms with van der Waals surface area (Å²) in [6.45, 7) is 5.71. The van der Waals surface area contributed by atoms with E-state index in [1.807, 2.05) is 6.92 Å². The number of nitriles is 1. The summed E-state index contributed by atoms with van der Waals surface area (Å²) in [7, 11) is 2.10. The minimum absolute atomic E-state index is 0.0872. The second-order valence-corrected chi connectivity index (χ2v) is 4.51. The van der Waals surface area contributed by atoms with Crippen LogP contribution in [-0.2, 0) is 6.42 Å². The number of nitrogens with zero attached hydrogens (tertiary/aromatic N) is 5. The highest BCUT2D eigenvalue weighted by Gasteiger charge is 2.19. The molecule has 6 nitrogen and oxygen atoms in total. The molecule has 1 aliphatic rings. The fraction of sp³-hybridized carbons (Fsp3) is 0.727. The molecular formula is C11H17N5O. The van der Waals surface area contributed by atoms with E-state index in [2.05, 4.69) is 33.1 Å². The minimum Gasteiger partial charge on any atom is -0.337 e. The third kappa shape index (κ3) is 2.94. The van der Waals surface area contributed by atoms with Gasteiger partial charge in [-0.3, -0.25) is 0 Å². The van der Waals surface area contributed by atoms with Crippen molar-refractivity contribution in [3.8, 4) is 6.07 Å². The van der Waals surface area contributed by atoms with E-state index in [1.165, 1.54) is 0 Å². The first-order chi connectivity index (χ1) is 8.19. The SMILES string of the molecule is CC(C#N)Cc1nc(N2CCN(C)CC2)no1. The van der Waals surface area contributed by atoms with Crippen molar-refractivity contribution < 1.29 is 4.52 Å². The molecule has 2 rings (SSSR count). The lowest BCUT2D eigenvalue weighted by molar-refractivity contribution is 0.308. The zero-order valence-corrected chi connectivity index (χ0v) is 10.3. The van der Waals surface area contributed by atoms with E-state index in [9.17, 15) is 0 Å². The van der Waals surface area contributed by atoms with Crippen molar-refractivity contribution in [2.45, 2.75) is 13.3 Å². The number of likely N-dealkylation sites (N-methyl/N-ethyl adjacent to an activating group) is 1. The number of hydrogen-bond donors (Lipinski definition) is 0. The van der Waals surface area contributed by atoms with Crippen LogP contribution in [0.15, 0.2) is 4.52 Å². The summed E-state index contributed by atoms with van der Waals surface area (Å²) in [5.41, 5.74) is 0. The van der Waals surface area contributed by atoms with Crippen molar-refractivity contribution in [3.63, 3.8) is 0 Å². The van der Waals surface area contributed by atoms with Gasteiger partial charge in [-0.05, 0) is 19.1 Å². The summed E-state index contributed by atoms with van der Waals surface area (Å²) in [5.74, 6) is 1.11. The normalized spacial score (nSPS) is 19.0. The first kappa shape index (κ1) is 11.9. The first-order valence-electron chi connectivity index (χ1n) is 5.84. The Bertz CT molecular complexity index is 402. The molecule has 1 saturated heterocycles. The van der Waals surface area contributed by atoms with Gasteiger partial charge in [-0.1, -0.05) is 0 Å². The van der Waals surface area contributed by atoms with Crippen LogP contribution in [0.2, 0.25) is 0 Å². The fourth-order valence-corrected chi connectivity index (χ4v) is 1.77. The highest BCUT2D eigenvalue weighted by atomic mass is 16.5. The van der Waals surface area contributed by atoms with Crippen LogP contribution >= 0.6 is 0 Å². The Morgan fingerprint density at radius 1 is 1.41 bits per heavy atom. The molecule has 0 aromatic carbocycles. The molecule has 0 bridgehead atoms. The van der Waals surface area contributed by atoms with E-state index in [0.29, 0.717) is 18.3 Å². The standard InChI is InChI=1S/C11H17N5O/c1-9(8-12)7-10-13-11(14-17-10)16-5-3-15(2)4-6-16/h9H,3-7H2,1-2H3. The monoisotopic (exact) mass is 235 g/mol. The summed E-state index contributed by atoms with van der Waals surface area (Å²) in [5, 5.41) is 12.7. The lowest BCUT2D eigenvalue weighted by Crippen LogP contribution is -2.44. The highest BCUT2D eigenvalue weighted by Crippen LogP contribution is 2.13. The Hall–Kier alpha value is -1.61. The van der Waals surface area contributed by atoms with E-state index in [0.717, 1.165) is 26.2 Å². The maximum atomic E-state index is 8.72. The molecule has 0 aliphatic carbocycles. The summed E-state index contributed by atoms with van der Waals surface area (Å²) >= 11 is 0. The third-order valence-corrected chi connectivity index (χ3v) is 2.94. The molecule has 1 unspecified atom stereocenters. The molecule has 0 N–H and O–H groups in total. The van der Waals surface area contributed by atoms with E-state index < -0.39 is 0 Å². The molecule has 6 heteroatoms. The van der Waals surface area contributed by atoms with Crippen molar-refractivity contribution in [3.05, 3.63) is 5.89 Å². The van der Waals surface area contributed by atoms with Crippen molar-refractivity contribution in [2.24, 2.45) is 5.92 Å². The largest absolute Gasteiger partial charge is 0.337 e. The second kappa shape index (κ2) is 5.15. The summed E-state index contributed by atoms with van der Waals surface area (Å²) in [6.07, 6.45) is 0.525. The first-order valence-corrected chi connectivity index (χ1v) is 5.84. The van der Waals surface area contributed by atoms with Gasteiger partial charge in [0.2, 0.25) is 5.89 Å². The zero-order valence-electron chi connectivity index (χ0n) is 10.3. The van der Waals surface area contributed by atoms with Crippen molar-refractivity contribution in [1.82, 2.24) is 15.0 Å². The Morgan fingerprint density at radius 2 is 2.12 bits per heavy atom. The molecule has 1 fully saturated rings. The molecule has 0 saturated carbocycles. The van der Waals surface area contributed by atoms with Crippen LogP contribution in [0.5, 0.6) is 0 Å². The maximum Gasteiger partial charge on any atom is 0.266 e. The lowest BCUT2D eigenvalue weighted by atomic mass is 10.1. The summed E-state index contributed by atoms with van der Waals surface area (Å²) in [4.78, 5) is 8.71. The Morgan fingerprint density at radius 3 is 2.76 bits per heavy atom. The third-order valence-electron chi connectivity index (χ3n) is 2.94. The molecule has 1 aliphatic heterocycles. The Labute approximate surface area is 101 Å². The zero-order chi connectivity index (χ0) is 12.3. The van der Waals surface area contributed by atoms with Crippen LogP contribution in [0.25, 0.3) is 0 Å². The van der Waals surface area contributed by atoms with Crippen LogP contribution in [0.1, 0.15) is 12.8 Å². The molecule has 1 aromatic heterocycles. The summed E-state index contributed by atoms with van der Waals surface area (Å²) in [6, 6.07) is 2.16. The number of aromatic nitrogens is 2. The number of hydrogen-bond acceptors (Lipinski definition) is 6. The molecule has 0 radical (unpaired) electrons. The van der Waals surface area contributed by atoms with E-state index in [1.54, 1.807) is 0 Å². The molecule has 0 amide bonds. The molecule has 17 heavy (non-hydrogen) atoms. The van der Waals surface area contributed by atoms with E-state index in [-0.39, 0.29) is 5.92 Å². The van der Waals surface area contributed by atoms with Crippen LogP contribution in [-0.4, -0.2) is 48.3 Å². The maximum absolute atomic E-state index is 8.72. The molecule has 92 valence electrons. The molecule has 1 atom stereocenters. The number of rotatable bonds is 3. The van der Waals surface area contributed by atoms with Crippen molar-refractivity contribution >= 4 is 5.95 Å². The predicted molar refractivity (Wildman–Crippen MR) is 62.5 cm³/mol. The van der Waals surface area contributed by atoms with Crippen LogP contribution in [0.4, 0.5) is 5.95 Å². The summed E-state index contributed by atoms with van der Waals surface area (Å²) < 4.78 is 5.15. The predicted octanol–water partition coefficient (Wildman–Crippen LogP) is 0.524. The number of anilines is 1. The minimum atomic E-state index is -0.0872. The fourth-order valence-electron chi connectivity index (χ4n) is 1.77. The lowest BCUT2D eigenvalue weighted by Gasteiger charge is -2.31. The molecule has 2 heterocycles. The van der Waals surface area contributed by atoms with Gasteiger partial charge < -0.3 is 14.3 Å². The Balaban J connectivity index is 1.96. The van der Waals surface area contributed by atoms with Crippen molar-refractivity contribution in [1.29, 1.82) is 5.26 Å². The van der Waals surface area contributed by atoms with Gasteiger partial charge in [0.25, 0.3) is 5.95 Å². The Kier molecular flexibility index (Phi) is 3.59. The van der Waals surface area contributed by atoms with Crippen LogP contribution in [0, 0.1) is 17.2 Å². The highest BCUT2D eigenvalue weighted by molar-refractivity contribution is 5.28. The van der Waals surface area contributed by atoms with Gasteiger partial charge in [-0.25, -0.2) is 0 Å². The van der Waals surface area contributed by atoms with Gasteiger partial charge in [-0.15, -0.1) is 0 Å². The van der Waals surface area contributed by atoms with Crippen LogP contribution in [0.3, 0.4) is 0 Å².